The molecule has 7 nitrogen and oxygen atoms in total. The van der Waals surface area contributed by atoms with Crippen molar-refractivity contribution in [2.45, 2.75) is 102 Å². The molecule has 2 aliphatic heterocycles. The number of unbranched alkanes of at least 4 members (excludes halogenated alkanes) is 1. The lowest BCUT2D eigenvalue weighted by atomic mass is 9.77. The Morgan fingerprint density at radius 3 is 2.36 bits per heavy atom. The van der Waals surface area contributed by atoms with Crippen molar-refractivity contribution in [3.05, 3.63) is 12.2 Å². The third-order valence-electron chi connectivity index (χ3n) is 7.65. The zero-order valence-corrected chi connectivity index (χ0v) is 19.9. The van der Waals surface area contributed by atoms with Crippen LogP contribution in [-0.4, -0.2) is 48.2 Å². The summed E-state index contributed by atoms with van der Waals surface area (Å²) >= 11 is 0. The van der Waals surface area contributed by atoms with Gasteiger partial charge in [-0.2, -0.15) is 0 Å². The van der Waals surface area contributed by atoms with Crippen LogP contribution in [0.1, 0.15) is 89.9 Å². The molecular weight excluding hydrogens is 420 g/mol. The minimum absolute atomic E-state index is 0.0323. The monoisotopic (exact) mass is 462 g/mol. The normalized spacial score (nSPS) is 27.2. The summed E-state index contributed by atoms with van der Waals surface area (Å²) in [5.41, 5.74) is 0. The third kappa shape index (κ3) is 8.76. The standard InChI is InChI=1S/C26H42N2O5/c29-24(13-8-11-19-9-4-3-5-10-19)28-18-25(30)27-17-21-20(22-15-16-23(21)33-22)12-6-1-2-7-14-26(31)32/h1,6,19-23H,2-5,7-18H2,(H,27,30)(H,28,29)(H,31,32)/b6-1+. The number of carboxylic acid groups (broad SMARTS) is 1. The van der Waals surface area contributed by atoms with Crippen molar-refractivity contribution in [2.24, 2.45) is 17.8 Å². The highest BCUT2D eigenvalue weighted by molar-refractivity contribution is 5.84. The van der Waals surface area contributed by atoms with Crippen LogP contribution in [0.3, 0.4) is 0 Å². The number of ether oxygens (including phenoxy) is 1. The van der Waals surface area contributed by atoms with Gasteiger partial charge in [-0.1, -0.05) is 44.3 Å². The van der Waals surface area contributed by atoms with Gasteiger partial charge in [-0.25, -0.2) is 0 Å². The molecule has 0 aromatic rings. The van der Waals surface area contributed by atoms with Gasteiger partial charge in [-0.3, -0.25) is 14.4 Å². The molecule has 1 aliphatic carbocycles. The van der Waals surface area contributed by atoms with Gasteiger partial charge >= 0.3 is 5.97 Å². The van der Waals surface area contributed by atoms with Gasteiger partial charge in [0.25, 0.3) is 0 Å². The molecule has 33 heavy (non-hydrogen) atoms. The lowest BCUT2D eigenvalue weighted by Gasteiger charge is -2.27. The molecule has 0 spiro atoms. The zero-order valence-electron chi connectivity index (χ0n) is 19.9. The van der Waals surface area contributed by atoms with Gasteiger partial charge in [-0.05, 0) is 56.8 Å². The second kappa shape index (κ2) is 13.7. The fraction of sp³-hybridized carbons (Fsp3) is 0.808. The van der Waals surface area contributed by atoms with E-state index in [2.05, 4.69) is 22.8 Å². The molecule has 4 unspecified atom stereocenters. The van der Waals surface area contributed by atoms with Crippen molar-refractivity contribution in [3.8, 4) is 0 Å². The molecule has 2 amide bonds. The molecule has 2 bridgehead atoms. The van der Waals surface area contributed by atoms with Crippen molar-refractivity contribution >= 4 is 17.8 Å². The Morgan fingerprint density at radius 2 is 1.61 bits per heavy atom. The summed E-state index contributed by atoms with van der Waals surface area (Å²) in [6.45, 7) is 0.618. The quantitative estimate of drug-likeness (QED) is 0.268. The number of allylic oxidation sites excluding steroid dienone is 2. The van der Waals surface area contributed by atoms with E-state index in [1.165, 1.54) is 32.1 Å². The predicted molar refractivity (Wildman–Crippen MR) is 127 cm³/mol. The van der Waals surface area contributed by atoms with E-state index in [-0.39, 0.29) is 37.0 Å². The molecule has 186 valence electrons. The Labute approximate surface area is 198 Å². The van der Waals surface area contributed by atoms with E-state index in [0.717, 1.165) is 44.4 Å². The predicted octanol–water partition coefficient (Wildman–Crippen LogP) is 3.96. The van der Waals surface area contributed by atoms with Crippen molar-refractivity contribution in [1.29, 1.82) is 0 Å². The molecule has 1 saturated carbocycles. The highest BCUT2D eigenvalue weighted by Gasteiger charge is 2.47. The Balaban J connectivity index is 1.29. The Kier molecular flexibility index (Phi) is 10.7. The average Bonchev–Trinajstić information content (AvgIpc) is 3.41. The fourth-order valence-electron chi connectivity index (χ4n) is 5.81. The van der Waals surface area contributed by atoms with E-state index >= 15 is 0 Å². The Hall–Kier alpha value is -1.89. The maximum atomic E-state index is 12.3. The van der Waals surface area contributed by atoms with Gasteiger partial charge in [0.05, 0.1) is 18.8 Å². The fourth-order valence-corrected chi connectivity index (χ4v) is 5.81. The zero-order chi connectivity index (χ0) is 23.5. The average molecular weight is 463 g/mol. The minimum atomic E-state index is -0.753. The van der Waals surface area contributed by atoms with Crippen LogP contribution in [0.15, 0.2) is 12.2 Å². The summed E-state index contributed by atoms with van der Waals surface area (Å²) in [5.74, 6) is 0.538. The molecular formula is C26H42N2O5. The van der Waals surface area contributed by atoms with Gasteiger partial charge in [0.2, 0.25) is 11.8 Å². The highest BCUT2D eigenvalue weighted by atomic mass is 16.5. The topological polar surface area (TPSA) is 105 Å². The number of hydrogen-bond donors (Lipinski definition) is 3. The number of amides is 2. The smallest absolute Gasteiger partial charge is 0.303 e. The molecule has 3 N–H and O–H groups in total. The third-order valence-corrected chi connectivity index (χ3v) is 7.65. The van der Waals surface area contributed by atoms with E-state index in [4.69, 9.17) is 9.84 Å². The van der Waals surface area contributed by atoms with Crippen LogP contribution in [-0.2, 0) is 19.1 Å². The van der Waals surface area contributed by atoms with Gasteiger partial charge in [0, 0.05) is 25.3 Å². The molecule has 4 atom stereocenters. The van der Waals surface area contributed by atoms with Crippen molar-refractivity contribution in [3.63, 3.8) is 0 Å². The number of nitrogens with one attached hydrogen (secondary N) is 2. The number of rotatable bonds is 14. The first-order chi connectivity index (χ1) is 16.0. The number of carbonyl (C=O) groups is 3. The van der Waals surface area contributed by atoms with Gasteiger partial charge in [-0.15, -0.1) is 0 Å². The summed E-state index contributed by atoms with van der Waals surface area (Å²) in [4.78, 5) is 35.0. The molecule has 3 rings (SSSR count). The van der Waals surface area contributed by atoms with Crippen LogP contribution in [0.5, 0.6) is 0 Å². The number of carbonyl (C=O) groups excluding carboxylic acids is 2. The van der Waals surface area contributed by atoms with Crippen LogP contribution < -0.4 is 10.6 Å². The summed E-state index contributed by atoms with van der Waals surface area (Å²) < 4.78 is 6.10. The molecule has 3 fully saturated rings. The first-order valence-electron chi connectivity index (χ1n) is 13.1. The van der Waals surface area contributed by atoms with E-state index < -0.39 is 5.97 Å². The summed E-state index contributed by atoms with van der Waals surface area (Å²) in [5, 5.41) is 14.5. The number of aliphatic carboxylic acids is 1. The second-order valence-electron chi connectivity index (χ2n) is 10.1. The molecule has 7 heteroatoms. The second-order valence-corrected chi connectivity index (χ2v) is 10.1. The number of hydrogen-bond acceptors (Lipinski definition) is 4. The van der Waals surface area contributed by atoms with E-state index in [0.29, 0.717) is 31.2 Å². The lowest BCUT2D eigenvalue weighted by molar-refractivity contribution is -0.137. The van der Waals surface area contributed by atoms with Crippen LogP contribution in [0, 0.1) is 17.8 Å². The maximum Gasteiger partial charge on any atom is 0.303 e. The Bertz CT molecular complexity index is 674. The highest BCUT2D eigenvalue weighted by Crippen LogP contribution is 2.44. The molecule has 0 radical (unpaired) electrons. The molecule has 0 aromatic heterocycles. The largest absolute Gasteiger partial charge is 0.481 e. The lowest BCUT2D eigenvalue weighted by Crippen LogP contribution is -2.42. The molecule has 2 heterocycles. The van der Waals surface area contributed by atoms with E-state index in [1.54, 1.807) is 0 Å². The van der Waals surface area contributed by atoms with Gasteiger partial charge in [0.15, 0.2) is 0 Å². The summed E-state index contributed by atoms with van der Waals surface area (Å²) in [7, 11) is 0. The SMILES string of the molecule is O=C(O)CCC/C=C/CC1C2CCC(O2)C1CNC(=O)CNC(=O)CCCC1CCCCC1. The molecule has 3 aliphatic rings. The summed E-state index contributed by atoms with van der Waals surface area (Å²) in [6.07, 6.45) is 18.5. The van der Waals surface area contributed by atoms with Gasteiger partial charge in [0.1, 0.15) is 0 Å². The van der Waals surface area contributed by atoms with Gasteiger partial charge < -0.3 is 20.5 Å². The van der Waals surface area contributed by atoms with Crippen LogP contribution in [0.4, 0.5) is 0 Å². The van der Waals surface area contributed by atoms with E-state index in [9.17, 15) is 14.4 Å². The van der Waals surface area contributed by atoms with Crippen molar-refractivity contribution < 1.29 is 24.2 Å². The number of carboxylic acids is 1. The van der Waals surface area contributed by atoms with E-state index in [1.807, 2.05) is 0 Å². The van der Waals surface area contributed by atoms with Crippen LogP contribution >= 0.6 is 0 Å². The first-order valence-corrected chi connectivity index (χ1v) is 13.1. The minimum Gasteiger partial charge on any atom is -0.481 e. The van der Waals surface area contributed by atoms with Crippen LogP contribution in [0.25, 0.3) is 0 Å². The molecule has 0 aromatic carbocycles. The first kappa shape index (κ1) is 25.7. The van der Waals surface area contributed by atoms with Crippen molar-refractivity contribution in [1.82, 2.24) is 10.6 Å². The maximum absolute atomic E-state index is 12.3. The summed E-state index contributed by atoms with van der Waals surface area (Å²) in [6, 6.07) is 0. The number of fused-ring (bicyclic) bond motifs is 2. The Morgan fingerprint density at radius 1 is 0.848 bits per heavy atom. The van der Waals surface area contributed by atoms with Crippen molar-refractivity contribution in [2.75, 3.05) is 13.1 Å². The van der Waals surface area contributed by atoms with Crippen LogP contribution in [0.2, 0.25) is 0 Å². The molecule has 2 saturated heterocycles.